The number of hydrogen-bond acceptors (Lipinski definition) is 4. The molecule has 1 aliphatic heterocycles. The van der Waals surface area contributed by atoms with Crippen LogP contribution in [0.15, 0.2) is 48.9 Å². The number of aliphatic hydroxyl groups excluding tert-OH is 1. The zero-order valence-corrected chi connectivity index (χ0v) is 11.6. The summed E-state index contributed by atoms with van der Waals surface area (Å²) in [5.41, 5.74) is 0.649. The van der Waals surface area contributed by atoms with Crippen LogP contribution in [0.3, 0.4) is 0 Å². The molecule has 0 amide bonds. The van der Waals surface area contributed by atoms with E-state index in [1.807, 2.05) is 19.1 Å². The summed E-state index contributed by atoms with van der Waals surface area (Å²) in [5.74, 6) is -1.15. The average Bonchev–Trinajstić information content (AvgIpc) is 3.08. The van der Waals surface area contributed by atoms with Crippen molar-refractivity contribution in [3.8, 4) is 0 Å². The Bertz CT molecular complexity index is 625. The van der Waals surface area contributed by atoms with Crippen LogP contribution in [0.1, 0.15) is 28.3 Å². The first-order valence-corrected chi connectivity index (χ1v) is 6.94. The maximum absolute atomic E-state index is 12.9. The molecule has 1 atom stereocenters. The lowest BCUT2D eigenvalue weighted by Gasteiger charge is -2.21. The third-order valence-corrected chi connectivity index (χ3v) is 4.49. The number of thiophene rings is 1. The summed E-state index contributed by atoms with van der Waals surface area (Å²) in [6.45, 7) is 1.81. The smallest absolute Gasteiger partial charge is 0.283 e. The number of rotatable bonds is 3. The van der Waals surface area contributed by atoms with Crippen molar-refractivity contribution in [3.05, 3.63) is 70.1 Å². The summed E-state index contributed by atoms with van der Waals surface area (Å²) in [6, 6.07) is 9.50. The molecule has 1 aromatic carbocycles. The van der Waals surface area contributed by atoms with Gasteiger partial charge in [0.1, 0.15) is 24.4 Å². The minimum Gasteiger partial charge on any atom is -0.452 e. The van der Waals surface area contributed by atoms with Crippen molar-refractivity contribution in [2.45, 2.75) is 18.8 Å². The molecule has 1 aromatic heterocycles. The summed E-state index contributed by atoms with van der Waals surface area (Å²) in [4.78, 5) is 1.62. The lowest BCUT2D eigenvalue weighted by atomic mass is 10.1. The van der Waals surface area contributed by atoms with Crippen molar-refractivity contribution in [1.82, 2.24) is 0 Å². The SMILES string of the molecule is CC1(c2ccc(C(O)c3ccc(F)cc3)s2)OC=CO1. The van der Waals surface area contributed by atoms with Gasteiger partial charge in [-0.3, -0.25) is 0 Å². The highest BCUT2D eigenvalue weighted by atomic mass is 32.1. The molecule has 0 bridgehead atoms. The fourth-order valence-electron chi connectivity index (χ4n) is 2.01. The van der Waals surface area contributed by atoms with Crippen LogP contribution in [0.25, 0.3) is 0 Å². The third kappa shape index (κ3) is 2.30. The van der Waals surface area contributed by atoms with E-state index in [4.69, 9.17) is 9.47 Å². The molecule has 0 spiro atoms. The van der Waals surface area contributed by atoms with Crippen LogP contribution in [0.2, 0.25) is 0 Å². The van der Waals surface area contributed by atoms with E-state index < -0.39 is 11.9 Å². The standard InChI is InChI=1S/C15H13FO3S/c1-15(18-8-9-19-15)13-7-6-12(20-13)14(17)10-2-4-11(16)5-3-10/h2-9,14,17H,1H3. The predicted octanol–water partition coefficient (Wildman–Crippen LogP) is 3.66. The molecule has 1 aliphatic rings. The lowest BCUT2D eigenvalue weighted by molar-refractivity contribution is -0.130. The Morgan fingerprint density at radius 2 is 1.75 bits per heavy atom. The van der Waals surface area contributed by atoms with Crippen LogP contribution < -0.4 is 0 Å². The van der Waals surface area contributed by atoms with Gasteiger partial charge >= 0.3 is 0 Å². The van der Waals surface area contributed by atoms with Crippen LogP contribution in [0.5, 0.6) is 0 Å². The van der Waals surface area contributed by atoms with Crippen molar-refractivity contribution < 1.29 is 19.0 Å². The number of ether oxygens (including phenoxy) is 2. The zero-order chi connectivity index (χ0) is 14.2. The van der Waals surface area contributed by atoms with Gasteiger partial charge in [0.15, 0.2) is 0 Å². The Morgan fingerprint density at radius 3 is 2.40 bits per heavy atom. The summed E-state index contributed by atoms with van der Waals surface area (Å²) in [7, 11) is 0. The monoisotopic (exact) mass is 292 g/mol. The van der Waals surface area contributed by atoms with Gasteiger partial charge in [0.25, 0.3) is 5.79 Å². The molecule has 1 unspecified atom stereocenters. The largest absolute Gasteiger partial charge is 0.452 e. The summed E-state index contributed by atoms with van der Waals surface area (Å²) in [5, 5.41) is 10.3. The molecule has 1 N–H and O–H groups in total. The van der Waals surface area contributed by atoms with Crippen LogP contribution in [0, 0.1) is 5.82 Å². The Morgan fingerprint density at radius 1 is 1.10 bits per heavy atom. The zero-order valence-electron chi connectivity index (χ0n) is 10.7. The number of halogens is 1. The molecule has 104 valence electrons. The van der Waals surface area contributed by atoms with E-state index in [0.29, 0.717) is 5.56 Å². The molecular weight excluding hydrogens is 279 g/mol. The molecule has 0 saturated carbocycles. The topological polar surface area (TPSA) is 38.7 Å². The highest BCUT2D eigenvalue weighted by Crippen LogP contribution is 2.38. The molecule has 0 fully saturated rings. The van der Waals surface area contributed by atoms with E-state index in [9.17, 15) is 9.50 Å². The normalized spacial score (nSPS) is 17.6. The van der Waals surface area contributed by atoms with Crippen LogP contribution >= 0.6 is 11.3 Å². The number of hydrogen-bond donors (Lipinski definition) is 1. The van der Waals surface area contributed by atoms with Gasteiger partial charge in [0.05, 0.1) is 4.88 Å². The molecular formula is C15H13FO3S. The van der Waals surface area contributed by atoms with E-state index in [-0.39, 0.29) is 5.82 Å². The molecule has 3 nitrogen and oxygen atoms in total. The van der Waals surface area contributed by atoms with Crippen molar-refractivity contribution in [2.24, 2.45) is 0 Å². The highest BCUT2D eigenvalue weighted by Gasteiger charge is 2.34. The molecule has 0 aliphatic carbocycles. The molecule has 0 saturated heterocycles. The van der Waals surface area contributed by atoms with E-state index in [0.717, 1.165) is 9.75 Å². The van der Waals surface area contributed by atoms with Crippen molar-refractivity contribution in [1.29, 1.82) is 0 Å². The fraction of sp³-hybridized carbons (Fsp3) is 0.200. The number of benzene rings is 1. The van der Waals surface area contributed by atoms with Crippen LogP contribution in [-0.4, -0.2) is 5.11 Å². The molecule has 2 aromatic rings. The van der Waals surface area contributed by atoms with Crippen molar-refractivity contribution >= 4 is 11.3 Å². The number of aliphatic hydroxyl groups is 1. The van der Waals surface area contributed by atoms with Gasteiger partial charge in [-0.2, -0.15) is 0 Å². The van der Waals surface area contributed by atoms with Gasteiger partial charge in [-0.25, -0.2) is 4.39 Å². The van der Waals surface area contributed by atoms with E-state index in [2.05, 4.69) is 0 Å². The molecule has 0 radical (unpaired) electrons. The first-order valence-electron chi connectivity index (χ1n) is 6.13. The highest BCUT2D eigenvalue weighted by molar-refractivity contribution is 7.12. The summed E-state index contributed by atoms with van der Waals surface area (Å²) < 4.78 is 23.7. The van der Waals surface area contributed by atoms with Crippen LogP contribution in [0.4, 0.5) is 4.39 Å². The van der Waals surface area contributed by atoms with E-state index in [1.165, 1.54) is 36.0 Å². The second-order valence-electron chi connectivity index (χ2n) is 4.61. The Labute approximate surface area is 119 Å². The quantitative estimate of drug-likeness (QED) is 0.938. The molecule has 2 heterocycles. The third-order valence-electron chi connectivity index (χ3n) is 3.17. The molecule has 20 heavy (non-hydrogen) atoms. The van der Waals surface area contributed by atoms with Gasteiger partial charge in [-0.15, -0.1) is 11.3 Å². The van der Waals surface area contributed by atoms with Gasteiger partial charge in [-0.05, 0) is 29.8 Å². The lowest BCUT2D eigenvalue weighted by Crippen LogP contribution is -2.20. The first-order chi connectivity index (χ1) is 9.58. The maximum atomic E-state index is 12.9. The van der Waals surface area contributed by atoms with E-state index >= 15 is 0 Å². The molecule has 3 rings (SSSR count). The summed E-state index contributed by atoms with van der Waals surface area (Å²) >= 11 is 1.40. The second-order valence-corrected chi connectivity index (χ2v) is 5.73. The van der Waals surface area contributed by atoms with Gasteiger partial charge in [0.2, 0.25) is 0 Å². The maximum Gasteiger partial charge on any atom is 0.283 e. The second kappa shape index (κ2) is 4.92. The average molecular weight is 292 g/mol. The Hall–Kier alpha value is -1.85. The Kier molecular flexibility index (Phi) is 3.23. The van der Waals surface area contributed by atoms with Crippen molar-refractivity contribution in [2.75, 3.05) is 0 Å². The first kappa shape index (κ1) is 13.1. The minimum atomic E-state index is -0.828. The summed E-state index contributed by atoms with van der Waals surface area (Å²) in [6.07, 6.45) is 2.21. The van der Waals surface area contributed by atoms with Gasteiger partial charge in [0, 0.05) is 11.8 Å². The van der Waals surface area contributed by atoms with Gasteiger partial charge in [-0.1, -0.05) is 12.1 Å². The minimum absolute atomic E-state index is 0.320. The van der Waals surface area contributed by atoms with Gasteiger partial charge < -0.3 is 14.6 Å². The fourth-order valence-corrected chi connectivity index (χ4v) is 3.07. The predicted molar refractivity (Wildman–Crippen MR) is 73.4 cm³/mol. The molecule has 5 heteroatoms. The van der Waals surface area contributed by atoms with Crippen LogP contribution in [-0.2, 0) is 15.3 Å². The van der Waals surface area contributed by atoms with E-state index in [1.54, 1.807) is 12.1 Å². The van der Waals surface area contributed by atoms with Crippen molar-refractivity contribution in [3.63, 3.8) is 0 Å². The Balaban J connectivity index is 1.84.